The lowest BCUT2D eigenvalue weighted by Gasteiger charge is -2.04. The summed E-state index contributed by atoms with van der Waals surface area (Å²) in [6.07, 6.45) is 0. The molecule has 1 aromatic heterocycles. The molecule has 0 fully saturated rings. The first-order chi connectivity index (χ1) is 8.79. The fourth-order valence-electron chi connectivity index (χ4n) is 1.35. The summed E-state index contributed by atoms with van der Waals surface area (Å²) in [6.45, 7) is 2.64. The monoisotopic (exact) mass is 263 g/mol. The molecule has 0 unspecified atom stereocenters. The van der Waals surface area contributed by atoms with Gasteiger partial charge in [-0.05, 0) is 29.5 Å². The lowest BCUT2D eigenvalue weighted by molar-refractivity contribution is -0.113. The number of carbonyl (C=O) groups excluding carboxylic acids is 1. The Morgan fingerprint density at radius 3 is 2.89 bits per heavy atom. The van der Waals surface area contributed by atoms with Crippen molar-refractivity contribution in [3.63, 3.8) is 0 Å². The summed E-state index contributed by atoms with van der Waals surface area (Å²) in [7, 11) is 0. The molecule has 0 aliphatic heterocycles. The summed E-state index contributed by atoms with van der Waals surface area (Å²) >= 11 is 1.32. The van der Waals surface area contributed by atoms with Crippen molar-refractivity contribution in [2.45, 2.75) is 18.6 Å². The Kier molecular flexibility index (Phi) is 4.30. The van der Waals surface area contributed by atoms with E-state index in [1.807, 2.05) is 37.3 Å². The van der Waals surface area contributed by atoms with Crippen molar-refractivity contribution in [1.29, 1.82) is 0 Å². The summed E-state index contributed by atoms with van der Waals surface area (Å²) in [5.74, 6) is 0.215. The molecule has 94 valence electrons. The smallest absolute Gasteiger partial charge is 0.234 e. The van der Waals surface area contributed by atoms with E-state index in [0.717, 1.165) is 5.69 Å². The Bertz CT molecular complexity index is 513. The van der Waals surface area contributed by atoms with Crippen molar-refractivity contribution in [2.24, 2.45) is 0 Å². The Balaban J connectivity index is 1.85. The summed E-state index contributed by atoms with van der Waals surface area (Å²) in [4.78, 5) is 11.7. The molecule has 1 amide bonds. The number of nitrogens with one attached hydrogen (secondary N) is 1. The summed E-state index contributed by atoms with van der Waals surface area (Å²) in [5.41, 5.74) is 0.790. The van der Waals surface area contributed by atoms with E-state index in [1.165, 1.54) is 11.8 Å². The molecule has 1 N–H and O–H groups in total. The second-order valence-electron chi connectivity index (χ2n) is 3.48. The number of amides is 1. The Morgan fingerprint density at radius 1 is 1.39 bits per heavy atom. The number of carbonyl (C=O) groups is 1. The van der Waals surface area contributed by atoms with Gasteiger partial charge in [0.25, 0.3) is 0 Å². The van der Waals surface area contributed by atoms with E-state index in [2.05, 4.69) is 20.8 Å². The van der Waals surface area contributed by atoms with Crippen molar-refractivity contribution >= 4 is 23.4 Å². The van der Waals surface area contributed by atoms with Gasteiger partial charge in [0.15, 0.2) is 0 Å². The Morgan fingerprint density at radius 2 is 2.17 bits per heavy atom. The topological polar surface area (TPSA) is 72.7 Å². The Labute approximate surface area is 109 Å². The average Bonchev–Trinajstić information content (AvgIpc) is 2.85. The molecule has 0 aliphatic rings. The van der Waals surface area contributed by atoms with Crippen molar-refractivity contribution in [3.8, 4) is 0 Å². The number of thioether (sulfide) groups is 1. The van der Waals surface area contributed by atoms with Crippen LogP contribution in [-0.2, 0) is 11.3 Å². The number of anilines is 1. The molecule has 1 heterocycles. The highest BCUT2D eigenvalue weighted by atomic mass is 32.2. The predicted octanol–water partition coefficient (Wildman–Crippen LogP) is 1.42. The number of aryl methyl sites for hydroxylation is 1. The van der Waals surface area contributed by atoms with Crippen molar-refractivity contribution < 1.29 is 4.79 Å². The van der Waals surface area contributed by atoms with Crippen LogP contribution in [0, 0.1) is 0 Å². The average molecular weight is 263 g/mol. The number of tetrazole rings is 1. The van der Waals surface area contributed by atoms with Gasteiger partial charge >= 0.3 is 0 Å². The van der Waals surface area contributed by atoms with Gasteiger partial charge in [-0.25, -0.2) is 4.68 Å². The minimum Gasteiger partial charge on any atom is -0.325 e. The lowest BCUT2D eigenvalue weighted by atomic mass is 10.3. The molecule has 2 aromatic rings. The van der Waals surface area contributed by atoms with Crippen LogP contribution in [0.15, 0.2) is 35.5 Å². The van der Waals surface area contributed by atoms with Gasteiger partial charge in [-0.1, -0.05) is 30.0 Å². The quantitative estimate of drug-likeness (QED) is 0.826. The third-order valence-corrected chi connectivity index (χ3v) is 3.15. The molecule has 2 rings (SSSR count). The van der Waals surface area contributed by atoms with Crippen LogP contribution in [-0.4, -0.2) is 31.9 Å². The van der Waals surface area contributed by atoms with E-state index in [0.29, 0.717) is 11.7 Å². The van der Waals surface area contributed by atoms with Crippen LogP contribution < -0.4 is 5.32 Å². The van der Waals surface area contributed by atoms with E-state index in [1.54, 1.807) is 4.68 Å². The fraction of sp³-hybridized carbons (Fsp3) is 0.273. The first kappa shape index (κ1) is 12.6. The molecule has 0 bridgehead atoms. The largest absolute Gasteiger partial charge is 0.325 e. The van der Waals surface area contributed by atoms with Gasteiger partial charge < -0.3 is 5.32 Å². The minimum atomic E-state index is -0.0724. The molecule has 18 heavy (non-hydrogen) atoms. The van der Waals surface area contributed by atoms with Crippen molar-refractivity contribution in [3.05, 3.63) is 30.3 Å². The number of para-hydroxylation sites is 1. The van der Waals surface area contributed by atoms with Crippen LogP contribution in [0.5, 0.6) is 0 Å². The third kappa shape index (κ3) is 3.30. The fourth-order valence-corrected chi connectivity index (χ4v) is 2.09. The predicted molar refractivity (Wildman–Crippen MR) is 69.3 cm³/mol. The van der Waals surface area contributed by atoms with Gasteiger partial charge in [-0.15, -0.1) is 5.10 Å². The number of hydrogen-bond donors (Lipinski definition) is 1. The molecule has 1 aromatic carbocycles. The van der Waals surface area contributed by atoms with Crippen LogP contribution in [0.4, 0.5) is 5.69 Å². The van der Waals surface area contributed by atoms with Crippen molar-refractivity contribution in [2.75, 3.05) is 11.1 Å². The highest BCUT2D eigenvalue weighted by Gasteiger charge is 2.08. The first-order valence-corrected chi connectivity index (χ1v) is 6.52. The molecule has 0 atom stereocenters. The summed E-state index contributed by atoms with van der Waals surface area (Å²) in [6, 6.07) is 9.35. The molecular weight excluding hydrogens is 250 g/mol. The van der Waals surface area contributed by atoms with Crippen LogP contribution in [0.3, 0.4) is 0 Å². The summed E-state index contributed by atoms with van der Waals surface area (Å²) in [5, 5.41) is 14.7. The first-order valence-electron chi connectivity index (χ1n) is 5.53. The molecular formula is C11H13N5OS. The van der Waals surface area contributed by atoms with E-state index in [4.69, 9.17) is 0 Å². The lowest BCUT2D eigenvalue weighted by Crippen LogP contribution is -2.14. The third-order valence-electron chi connectivity index (χ3n) is 2.19. The SMILES string of the molecule is CCn1nnnc1SCC(=O)Nc1ccccc1. The zero-order valence-electron chi connectivity index (χ0n) is 9.91. The van der Waals surface area contributed by atoms with E-state index < -0.39 is 0 Å². The Hall–Kier alpha value is -1.89. The normalized spacial score (nSPS) is 10.3. The van der Waals surface area contributed by atoms with Gasteiger partial charge in [-0.3, -0.25) is 4.79 Å². The van der Waals surface area contributed by atoms with Crippen LogP contribution in [0.1, 0.15) is 6.92 Å². The van der Waals surface area contributed by atoms with Crippen LogP contribution in [0.2, 0.25) is 0 Å². The second-order valence-corrected chi connectivity index (χ2v) is 4.42. The summed E-state index contributed by atoms with van der Waals surface area (Å²) < 4.78 is 1.65. The molecule has 0 saturated heterocycles. The number of aromatic nitrogens is 4. The van der Waals surface area contributed by atoms with Gasteiger partial charge in [0.05, 0.1) is 5.75 Å². The number of nitrogens with zero attached hydrogens (tertiary/aromatic N) is 4. The van der Waals surface area contributed by atoms with Crippen molar-refractivity contribution in [1.82, 2.24) is 20.2 Å². The number of hydrogen-bond acceptors (Lipinski definition) is 5. The number of benzene rings is 1. The van der Waals surface area contributed by atoms with Gasteiger partial charge in [0.1, 0.15) is 0 Å². The minimum absolute atomic E-state index is 0.0724. The molecule has 0 saturated carbocycles. The molecule has 0 radical (unpaired) electrons. The van der Waals surface area contributed by atoms with Gasteiger partial charge in [0, 0.05) is 12.2 Å². The second kappa shape index (κ2) is 6.15. The molecule has 0 spiro atoms. The zero-order chi connectivity index (χ0) is 12.8. The van der Waals surface area contributed by atoms with Gasteiger partial charge in [-0.2, -0.15) is 0 Å². The van der Waals surface area contributed by atoms with Crippen LogP contribution >= 0.6 is 11.8 Å². The van der Waals surface area contributed by atoms with Crippen LogP contribution in [0.25, 0.3) is 0 Å². The molecule has 6 nitrogen and oxygen atoms in total. The van der Waals surface area contributed by atoms with E-state index in [9.17, 15) is 4.79 Å². The van der Waals surface area contributed by atoms with E-state index >= 15 is 0 Å². The zero-order valence-corrected chi connectivity index (χ0v) is 10.7. The number of rotatable bonds is 5. The maximum atomic E-state index is 11.7. The maximum absolute atomic E-state index is 11.7. The highest BCUT2D eigenvalue weighted by molar-refractivity contribution is 7.99. The molecule has 7 heteroatoms. The standard InChI is InChI=1S/C11H13N5OS/c1-2-16-11(13-14-15-16)18-8-10(17)12-9-6-4-3-5-7-9/h3-7H,2,8H2,1H3,(H,12,17). The maximum Gasteiger partial charge on any atom is 0.234 e. The highest BCUT2D eigenvalue weighted by Crippen LogP contribution is 2.14. The van der Waals surface area contributed by atoms with Gasteiger partial charge in [0.2, 0.25) is 11.1 Å². The molecule has 0 aliphatic carbocycles. The van der Waals surface area contributed by atoms with E-state index in [-0.39, 0.29) is 11.7 Å².